The van der Waals surface area contributed by atoms with Gasteiger partial charge in [-0.1, -0.05) is 12.1 Å². The lowest BCUT2D eigenvalue weighted by atomic mass is 10.2. The highest BCUT2D eigenvalue weighted by Gasteiger charge is 2.04. The van der Waals surface area contributed by atoms with Gasteiger partial charge in [0.25, 0.3) is 0 Å². The van der Waals surface area contributed by atoms with Gasteiger partial charge in [-0.2, -0.15) is 5.10 Å². The molecule has 0 radical (unpaired) electrons. The molecule has 0 unspecified atom stereocenters. The first-order chi connectivity index (χ1) is 7.18. The predicted molar refractivity (Wildman–Crippen MR) is 59.7 cm³/mol. The third kappa shape index (κ3) is 1.89. The van der Waals surface area contributed by atoms with Crippen molar-refractivity contribution < 1.29 is 0 Å². The average Bonchev–Trinajstić information content (AvgIpc) is 2.22. The van der Waals surface area contributed by atoms with Crippen molar-refractivity contribution in [2.24, 2.45) is 5.73 Å². The molecule has 15 heavy (non-hydrogen) atoms. The number of hydrogen-bond acceptors (Lipinski definition) is 3. The number of aromatic nitrogens is 2. The van der Waals surface area contributed by atoms with Gasteiger partial charge >= 0.3 is 0 Å². The molecule has 2 N–H and O–H groups in total. The first kappa shape index (κ1) is 9.86. The zero-order chi connectivity index (χ0) is 10.8. The van der Waals surface area contributed by atoms with E-state index in [1.807, 2.05) is 25.1 Å². The second-order valence-electron chi connectivity index (χ2n) is 3.69. The van der Waals surface area contributed by atoms with Gasteiger partial charge in [0.05, 0.1) is 18.3 Å². The Kier molecular flexibility index (Phi) is 2.51. The van der Waals surface area contributed by atoms with E-state index in [4.69, 9.17) is 5.73 Å². The molecule has 0 spiro atoms. The van der Waals surface area contributed by atoms with Crippen LogP contribution >= 0.6 is 0 Å². The third-order valence-electron chi connectivity index (χ3n) is 2.22. The molecular weight excluding hydrogens is 190 g/mol. The van der Waals surface area contributed by atoms with Crippen molar-refractivity contribution in [3.63, 3.8) is 0 Å². The maximum absolute atomic E-state index is 11.5. The SMILES string of the molecule is C[C@H](N)Cn1ncc(=O)c2ccccc21. The fraction of sp³-hybridized carbons (Fsp3) is 0.273. The lowest BCUT2D eigenvalue weighted by Crippen LogP contribution is -2.25. The molecule has 2 rings (SSSR count). The van der Waals surface area contributed by atoms with Gasteiger partial charge in [-0.3, -0.25) is 9.48 Å². The van der Waals surface area contributed by atoms with Gasteiger partial charge < -0.3 is 5.73 Å². The van der Waals surface area contributed by atoms with Gasteiger partial charge in [-0.15, -0.1) is 0 Å². The van der Waals surface area contributed by atoms with Crippen LogP contribution in [-0.4, -0.2) is 15.8 Å². The Balaban J connectivity index is 2.66. The van der Waals surface area contributed by atoms with Crippen molar-refractivity contribution in [1.29, 1.82) is 0 Å². The Bertz CT molecular complexity index is 531. The zero-order valence-electron chi connectivity index (χ0n) is 8.55. The molecule has 0 aliphatic heterocycles. The first-order valence-electron chi connectivity index (χ1n) is 4.89. The molecule has 4 heteroatoms. The summed E-state index contributed by atoms with van der Waals surface area (Å²) in [5, 5.41) is 4.76. The summed E-state index contributed by atoms with van der Waals surface area (Å²) in [6.07, 6.45) is 1.34. The van der Waals surface area contributed by atoms with E-state index in [9.17, 15) is 4.79 Å². The predicted octanol–water partition coefficient (Wildman–Crippen LogP) is 0.744. The van der Waals surface area contributed by atoms with Crippen LogP contribution in [0.3, 0.4) is 0 Å². The van der Waals surface area contributed by atoms with Crippen molar-refractivity contribution in [1.82, 2.24) is 9.78 Å². The summed E-state index contributed by atoms with van der Waals surface area (Å²) in [5.74, 6) is 0. The number of nitrogens with zero attached hydrogens (tertiary/aromatic N) is 2. The maximum atomic E-state index is 11.5. The molecular formula is C11H13N3O. The highest BCUT2D eigenvalue weighted by molar-refractivity contribution is 5.77. The Labute approximate surface area is 87.3 Å². The van der Waals surface area contributed by atoms with Gasteiger partial charge in [0, 0.05) is 11.4 Å². The van der Waals surface area contributed by atoms with E-state index in [1.165, 1.54) is 6.20 Å². The molecule has 1 atom stereocenters. The fourth-order valence-electron chi connectivity index (χ4n) is 1.58. The minimum Gasteiger partial charge on any atom is -0.326 e. The molecule has 0 aliphatic rings. The average molecular weight is 203 g/mol. The third-order valence-corrected chi connectivity index (χ3v) is 2.22. The second-order valence-corrected chi connectivity index (χ2v) is 3.69. The minimum absolute atomic E-state index is 0.0170. The highest BCUT2D eigenvalue weighted by Crippen LogP contribution is 2.07. The van der Waals surface area contributed by atoms with Crippen LogP contribution in [0.25, 0.3) is 10.9 Å². The number of fused-ring (bicyclic) bond motifs is 1. The molecule has 1 aromatic carbocycles. The minimum atomic E-state index is -0.0495. The van der Waals surface area contributed by atoms with E-state index >= 15 is 0 Å². The van der Waals surface area contributed by atoms with Crippen molar-refractivity contribution >= 4 is 10.9 Å². The molecule has 0 aliphatic carbocycles. The molecule has 0 amide bonds. The molecule has 0 bridgehead atoms. The van der Waals surface area contributed by atoms with Crippen LogP contribution in [0.15, 0.2) is 35.3 Å². The maximum Gasteiger partial charge on any atom is 0.207 e. The molecule has 0 saturated carbocycles. The Morgan fingerprint density at radius 2 is 2.20 bits per heavy atom. The second kappa shape index (κ2) is 3.82. The molecule has 0 fully saturated rings. The van der Waals surface area contributed by atoms with Gasteiger partial charge in [0.1, 0.15) is 0 Å². The Morgan fingerprint density at radius 1 is 1.47 bits per heavy atom. The van der Waals surface area contributed by atoms with Crippen molar-refractivity contribution in [3.05, 3.63) is 40.7 Å². The summed E-state index contributed by atoms with van der Waals surface area (Å²) in [5.41, 5.74) is 6.50. The largest absolute Gasteiger partial charge is 0.326 e. The van der Waals surface area contributed by atoms with E-state index in [0.717, 1.165) is 5.52 Å². The van der Waals surface area contributed by atoms with E-state index in [-0.39, 0.29) is 11.5 Å². The van der Waals surface area contributed by atoms with E-state index in [2.05, 4.69) is 5.10 Å². The molecule has 4 nitrogen and oxygen atoms in total. The van der Waals surface area contributed by atoms with Crippen LogP contribution in [0, 0.1) is 0 Å². The summed E-state index contributed by atoms with van der Waals surface area (Å²) in [7, 11) is 0. The van der Waals surface area contributed by atoms with Gasteiger partial charge in [-0.05, 0) is 19.1 Å². The number of hydrogen-bond donors (Lipinski definition) is 1. The smallest absolute Gasteiger partial charge is 0.207 e. The number of benzene rings is 1. The number of para-hydroxylation sites is 1. The van der Waals surface area contributed by atoms with E-state index < -0.39 is 0 Å². The lowest BCUT2D eigenvalue weighted by Gasteiger charge is -2.10. The van der Waals surface area contributed by atoms with Crippen LogP contribution in [0.1, 0.15) is 6.92 Å². The molecule has 1 heterocycles. The van der Waals surface area contributed by atoms with Crippen molar-refractivity contribution in [2.75, 3.05) is 0 Å². The summed E-state index contributed by atoms with van der Waals surface area (Å²) in [6.45, 7) is 2.52. The summed E-state index contributed by atoms with van der Waals surface area (Å²) in [4.78, 5) is 11.5. The Hall–Kier alpha value is -1.68. The van der Waals surface area contributed by atoms with Gasteiger partial charge in [0.2, 0.25) is 5.43 Å². The number of nitrogens with two attached hydrogens (primary N) is 1. The summed E-state index contributed by atoms with van der Waals surface area (Å²) in [6, 6.07) is 7.44. The van der Waals surface area contributed by atoms with Crippen LogP contribution in [0.5, 0.6) is 0 Å². The zero-order valence-corrected chi connectivity index (χ0v) is 8.55. The number of rotatable bonds is 2. The normalized spacial score (nSPS) is 12.9. The molecule has 1 aromatic heterocycles. The van der Waals surface area contributed by atoms with Crippen LogP contribution < -0.4 is 11.2 Å². The lowest BCUT2D eigenvalue weighted by molar-refractivity contribution is 0.546. The summed E-state index contributed by atoms with van der Waals surface area (Å²) >= 11 is 0. The summed E-state index contributed by atoms with van der Waals surface area (Å²) < 4.78 is 1.77. The van der Waals surface area contributed by atoms with Crippen LogP contribution in [0.2, 0.25) is 0 Å². The van der Waals surface area contributed by atoms with Crippen molar-refractivity contribution in [3.8, 4) is 0 Å². The first-order valence-corrected chi connectivity index (χ1v) is 4.89. The van der Waals surface area contributed by atoms with Crippen LogP contribution in [0.4, 0.5) is 0 Å². The van der Waals surface area contributed by atoms with Gasteiger partial charge in [0.15, 0.2) is 0 Å². The molecule has 2 aromatic rings. The van der Waals surface area contributed by atoms with Crippen LogP contribution in [-0.2, 0) is 6.54 Å². The quantitative estimate of drug-likeness (QED) is 0.783. The van der Waals surface area contributed by atoms with Crippen molar-refractivity contribution in [2.45, 2.75) is 19.5 Å². The fourth-order valence-corrected chi connectivity index (χ4v) is 1.58. The molecule has 78 valence electrons. The Morgan fingerprint density at radius 3 is 2.93 bits per heavy atom. The topological polar surface area (TPSA) is 60.9 Å². The van der Waals surface area contributed by atoms with Gasteiger partial charge in [-0.25, -0.2) is 0 Å². The van der Waals surface area contributed by atoms with E-state index in [1.54, 1.807) is 10.7 Å². The monoisotopic (exact) mass is 203 g/mol. The standard InChI is InChI=1S/C11H13N3O/c1-8(12)7-14-10-5-3-2-4-9(10)11(15)6-13-14/h2-6,8H,7,12H2,1H3/t8-/m0/s1. The van der Waals surface area contributed by atoms with E-state index in [0.29, 0.717) is 11.9 Å². The highest BCUT2D eigenvalue weighted by atomic mass is 16.1. The molecule has 0 saturated heterocycles.